The van der Waals surface area contributed by atoms with Gasteiger partial charge in [-0.1, -0.05) is 18.2 Å². The molecule has 2 rings (SSSR count). The molecule has 1 unspecified atom stereocenters. The van der Waals surface area contributed by atoms with Gasteiger partial charge in [0.1, 0.15) is 6.61 Å². The third-order valence-corrected chi connectivity index (χ3v) is 3.57. The van der Waals surface area contributed by atoms with Gasteiger partial charge in [-0.05, 0) is 38.3 Å². The minimum Gasteiger partial charge on any atom is -0.445 e. The van der Waals surface area contributed by atoms with Crippen molar-refractivity contribution < 1.29 is 9.53 Å². The summed E-state index contributed by atoms with van der Waals surface area (Å²) in [6.07, 6.45) is 10.3. The molecule has 0 bridgehead atoms. The Morgan fingerprint density at radius 2 is 2.50 bits per heavy atom. The van der Waals surface area contributed by atoms with Gasteiger partial charge >= 0.3 is 6.09 Å². The summed E-state index contributed by atoms with van der Waals surface area (Å²) in [5.41, 5.74) is 1.20. The van der Waals surface area contributed by atoms with Crippen LogP contribution in [-0.4, -0.2) is 43.8 Å². The predicted octanol–water partition coefficient (Wildman–Crippen LogP) is 2.08. The Bertz CT molecular complexity index is 350. The molecule has 0 saturated carbocycles. The largest absolute Gasteiger partial charge is 0.445 e. The van der Waals surface area contributed by atoms with E-state index in [0.29, 0.717) is 12.6 Å². The van der Waals surface area contributed by atoms with Gasteiger partial charge in [0.2, 0.25) is 0 Å². The van der Waals surface area contributed by atoms with Crippen molar-refractivity contribution >= 4 is 6.09 Å². The van der Waals surface area contributed by atoms with Crippen molar-refractivity contribution in [2.45, 2.75) is 31.7 Å². The van der Waals surface area contributed by atoms with Crippen LogP contribution in [0.25, 0.3) is 0 Å². The summed E-state index contributed by atoms with van der Waals surface area (Å²) in [5.74, 6) is 0. The molecule has 0 aromatic rings. The lowest BCUT2D eigenvalue weighted by Crippen LogP contribution is -2.47. The Balaban J connectivity index is 1.77. The van der Waals surface area contributed by atoms with Gasteiger partial charge in [0.25, 0.3) is 0 Å². The van der Waals surface area contributed by atoms with E-state index < -0.39 is 0 Å². The molecule has 4 heteroatoms. The number of nitrogens with one attached hydrogen (secondary N) is 1. The summed E-state index contributed by atoms with van der Waals surface area (Å²) in [4.78, 5) is 13.7. The SMILES string of the molecule is CNC1CCCN(C(=O)OCC2=CC=CCC2)C1. The van der Waals surface area contributed by atoms with E-state index in [1.165, 1.54) is 5.57 Å². The number of piperidine rings is 1. The number of rotatable bonds is 3. The van der Waals surface area contributed by atoms with Crippen LogP contribution in [0.1, 0.15) is 25.7 Å². The van der Waals surface area contributed by atoms with Crippen LogP contribution in [0, 0.1) is 0 Å². The maximum Gasteiger partial charge on any atom is 0.410 e. The molecule has 0 spiro atoms. The van der Waals surface area contributed by atoms with Crippen LogP contribution >= 0.6 is 0 Å². The summed E-state index contributed by atoms with van der Waals surface area (Å²) in [5, 5.41) is 3.22. The third-order valence-electron chi connectivity index (χ3n) is 3.57. The topological polar surface area (TPSA) is 41.6 Å². The molecule has 0 radical (unpaired) electrons. The number of carbonyl (C=O) groups is 1. The van der Waals surface area contributed by atoms with Crippen molar-refractivity contribution in [1.29, 1.82) is 0 Å². The van der Waals surface area contributed by atoms with E-state index in [0.717, 1.165) is 38.8 Å². The second kappa shape index (κ2) is 6.59. The molecule has 1 amide bonds. The van der Waals surface area contributed by atoms with Gasteiger partial charge < -0.3 is 15.0 Å². The first-order valence-electron chi connectivity index (χ1n) is 6.73. The van der Waals surface area contributed by atoms with Crippen LogP contribution in [-0.2, 0) is 4.74 Å². The molecule has 0 aromatic carbocycles. The number of ether oxygens (including phenoxy) is 1. The van der Waals surface area contributed by atoms with Gasteiger partial charge in [0.15, 0.2) is 0 Å². The highest BCUT2D eigenvalue weighted by molar-refractivity contribution is 5.68. The summed E-state index contributed by atoms with van der Waals surface area (Å²) >= 11 is 0. The zero-order valence-electron chi connectivity index (χ0n) is 11.0. The van der Waals surface area contributed by atoms with Crippen LogP contribution in [0.2, 0.25) is 0 Å². The zero-order valence-corrected chi connectivity index (χ0v) is 11.0. The van der Waals surface area contributed by atoms with Crippen molar-refractivity contribution in [3.8, 4) is 0 Å². The van der Waals surface area contributed by atoms with Gasteiger partial charge in [0, 0.05) is 19.1 Å². The average molecular weight is 250 g/mol. The second-order valence-electron chi connectivity index (χ2n) is 4.92. The molecule has 100 valence electrons. The first-order valence-corrected chi connectivity index (χ1v) is 6.73. The Labute approximate surface area is 109 Å². The Hall–Kier alpha value is -1.29. The number of amides is 1. The predicted molar refractivity (Wildman–Crippen MR) is 71.5 cm³/mol. The average Bonchev–Trinajstić information content (AvgIpc) is 2.46. The summed E-state index contributed by atoms with van der Waals surface area (Å²) in [6, 6.07) is 0.406. The standard InChI is InChI=1S/C14H22N2O2/c1-15-13-8-5-9-16(10-13)14(17)18-11-12-6-3-2-4-7-12/h2-3,6,13,15H,4-5,7-11H2,1H3. The van der Waals surface area contributed by atoms with Gasteiger partial charge in [-0.2, -0.15) is 0 Å². The van der Waals surface area contributed by atoms with E-state index in [-0.39, 0.29) is 6.09 Å². The maximum absolute atomic E-state index is 11.9. The van der Waals surface area contributed by atoms with E-state index >= 15 is 0 Å². The molecule has 18 heavy (non-hydrogen) atoms. The van der Waals surface area contributed by atoms with Crippen LogP contribution in [0.3, 0.4) is 0 Å². The molecular formula is C14H22N2O2. The van der Waals surface area contributed by atoms with Crippen molar-refractivity contribution in [3.05, 3.63) is 23.8 Å². The number of likely N-dealkylation sites (N-methyl/N-ethyl adjacent to an activating group) is 1. The Morgan fingerprint density at radius 3 is 3.22 bits per heavy atom. The Kier molecular flexibility index (Phi) is 4.81. The fourth-order valence-electron chi connectivity index (χ4n) is 2.40. The molecule has 0 aromatic heterocycles. The highest BCUT2D eigenvalue weighted by Crippen LogP contribution is 2.14. The first-order chi connectivity index (χ1) is 8.79. The third kappa shape index (κ3) is 3.60. The van der Waals surface area contributed by atoms with E-state index in [4.69, 9.17) is 4.74 Å². The quantitative estimate of drug-likeness (QED) is 0.834. The summed E-state index contributed by atoms with van der Waals surface area (Å²) in [7, 11) is 1.94. The van der Waals surface area contributed by atoms with Crippen molar-refractivity contribution in [1.82, 2.24) is 10.2 Å². The molecule has 1 aliphatic carbocycles. The number of hydrogen-bond acceptors (Lipinski definition) is 3. The smallest absolute Gasteiger partial charge is 0.410 e. The zero-order chi connectivity index (χ0) is 12.8. The number of carbonyl (C=O) groups excluding carboxylic acids is 1. The summed E-state index contributed by atoms with van der Waals surface area (Å²) < 4.78 is 5.37. The minimum absolute atomic E-state index is 0.176. The monoisotopic (exact) mass is 250 g/mol. The maximum atomic E-state index is 11.9. The van der Waals surface area contributed by atoms with E-state index in [9.17, 15) is 4.79 Å². The molecule has 1 N–H and O–H groups in total. The number of nitrogens with zero attached hydrogens (tertiary/aromatic N) is 1. The molecule has 4 nitrogen and oxygen atoms in total. The Morgan fingerprint density at radius 1 is 1.61 bits per heavy atom. The minimum atomic E-state index is -0.176. The highest BCUT2D eigenvalue weighted by Gasteiger charge is 2.23. The van der Waals surface area contributed by atoms with Gasteiger partial charge in [-0.25, -0.2) is 4.79 Å². The first kappa shape index (κ1) is 13.1. The van der Waals surface area contributed by atoms with Crippen molar-refractivity contribution in [2.75, 3.05) is 26.7 Å². The van der Waals surface area contributed by atoms with E-state index in [2.05, 4.69) is 11.4 Å². The molecule has 2 aliphatic rings. The normalized spacial score (nSPS) is 23.7. The molecule has 1 heterocycles. The van der Waals surface area contributed by atoms with Crippen molar-refractivity contribution in [2.24, 2.45) is 0 Å². The molecule has 1 fully saturated rings. The lowest BCUT2D eigenvalue weighted by atomic mass is 10.1. The van der Waals surface area contributed by atoms with Crippen molar-refractivity contribution in [3.63, 3.8) is 0 Å². The van der Waals surface area contributed by atoms with E-state index in [1.807, 2.05) is 24.1 Å². The van der Waals surface area contributed by atoms with Gasteiger partial charge in [-0.3, -0.25) is 0 Å². The number of likely N-dealkylation sites (tertiary alicyclic amines) is 1. The number of hydrogen-bond donors (Lipinski definition) is 1. The number of allylic oxidation sites excluding steroid dienone is 3. The highest BCUT2D eigenvalue weighted by atomic mass is 16.6. The second-order valence-corrected chi connectivity index (χ2v) is 4.92. The van der Waals surface area contributed by atoms with Gasteiger partial charge in [0.05, 0.1) is 0 Å². The fraction of sp³-hybridized carbons (Fsp3) is 0.643. The molecule has 1 atom stereocenters. The summed E-state index contributed by atoms with van der Waals surface area (Å²) in [6.45, 7) is 2.01. The lowest BCUT2D eigenvalue weighted by molar-refractivity contribution is 0.0958. The van der Waals surface area contributed by atoms with Gasteiger partial charge in [-0.15, -0.1) is 0 Å². The lowest BCUT2D eigenvalue weighted by Gasteiger charge is -2.31. The van der Waals surface area contributed by atoms with E-state index in [1.54, 1.807) is 0 Å². The molecule has 1 saturated heterocycles. The molecule has 1 aliphatic heterocycles. The van der Waals surface area contributed by atoms with Crippen LogP contribution < -0.4 is 5.32 Å². The van der Waals surface area contributed by atoms with Crippen LogP contribution in [0.15, 0.2) is 23.8 Å². The van der Waals surface area contributed by atoms with Crippen LogP contribution in [0.4, 0.5) is 4.79 Å². The molecular weight excluding hydrogens is 228 g/mol. The van der Waals surface area contributed by atoms with Crippen LogP contribution in [0.5, 0.6) is 0 Å². The fourth-order valence-corrected chi connectivity index (χ4v) is 2.40.